The molecule has 0 saturated heterocycles. The van der Waals surface area contributed by atoms with Crippen molar-refractivity contribution in [3.05, 3.63) is 95.6 Å². The molecule has 3 aromatic carbocycles. The third-order valence-corrected chi connectivity index (χ3v) is 4.07. The summed E-state index contributed by atoms with van der Waals surface area (Å²) in [5.41, 5.74) is 4.32. The van der Waals surface area contributed by atoms with Gasteiger partial charge in [0, 0.05) is 11.3 Å². The second-order valence-corrected chi connectivity index (χ2v) is 6.02. The molecule has 0 bridgehead atoms. The monoisotopic (exact) mass is 343 g/mol. The highest BCUT2D eigenvalue weighted by Crippen LogP contribution is 2.23. The first kappa shape index (κ1) is 17.5. The van der Waals surface area contributed by atoms with Gasteiger partial charge in [-0.3, -0.25) is 4.79 Å². The average Bonchev–Trinajstić information content (AvgIpc) is 2.69. The zero-order valence-electron chi connectivity index (χ0n) is 14.9. The molecule has 3 rings (SSSR count). The molecule has 0 saturated carbocycles. The molecule has 26 heavy (non-hydrogen) atoms. The smallest absolute Gasteiger partial charge is 0.256 e. The summed E-state index contributed by atoms with van der Waals surface area (Å²) in [6.07, 6.45) is 1.89. The van der Waals surface area contributed by atoms with Crippen molar-refractivity contribution in [2.75, 3.05) is 12.4 Å². The lowest BCUT2D eigenvalue weighted by Gasteiger charge is -2.11. The van der Waals surface area contributed by atoms with Gasteiger partial charge in [0.05, 0.1) is 7.11 Å². The van der Waals surface area contributed by atoms with Crippen LogP contribution in [0.15, 0.2) is 78.9 Å². The van der Waals surface area contributed by atoms with E-state index in [0.29, 0.717) is 5.57 Å². The number of carbonyl (C=O) groups is 1. The number of carbonyl (C=O) groups excluding carboxylic acids is 1. The topological polar surface area (TPSA) is 38.3 Å². The van der Waals surface area contributed by atoms with Crippen LogP contribution in [-0.4, -0.2) is 13.0 Å². The van der Waals surface area contributed by atoms with Gasteiger partial charge < -0.3 is 10.1 Å². The molecule has 0 unspecified atom stereocenters. The minimum absolute atomic E-state index is 0.150. The fourth-order valence-corrected chi connectivity index (χ4v) is 2.60. The van der Waals surface area contributed by atoms with E-state index in [1.807, 2.05) is 91.9 Å². The highest BCUT2D eigenvalue weighted by Gasteiger charge is 2.13. The number of ether oxygens (including phenoxy) is 1. The highest BCUT2D eigenvalue weighted by atomic mass is 16.5. The second kappa shape index (κ2) is 8.17. The molecule has 0 radical (unpaired) electrons. The Hall–Kier alpha value is -3.33. The summed E-state index contributed by atoms with van der Waals surface area (Å²) in [4.78, 5) is 12.9. The number of amides is 1. The lowest BCUT2D eigenvalue weighted by Crippen LogP contribution is -2.13. The Morgan fingerprint density at radius 3 is 2.15 bits per heavy atom. The van der Waals surface area contributed by atoms with Gasteiger partial charge in [0.2, 0.25) is 0 Å². The third-order valence-electron chi connectivity index (χ3n) is 4.07. The van der Waals surface area contributed by atoms with Gasteiger partial charge in [-0.05, 0) is 48.4 Å². The van der Waals surface area contributed by atoms with Crippen LogP contribution in [0.25, 0.3) is 11.6 Å². The van der Waals surface area contributed by atoms with Crippen LogP contribution in [0.4, 0.5) is 5.69 Å². The van der Waals surface area contributed by atoms with E-state index in [-0.39, 0.29) is 5.91 Å². The fourth-order valence-electron chi connectivity index (χ4n) is 2.60. The number of hydrogen-bond acceptors (Lipinski definition) is 2. The Kier molecular flexibility index (Phi) is 5.49. The van der Waals surface area contributed by atoms with Crippen molar-refractivity contribution in [2.45, 2.75) is 6.92 Å². The second-order valence-electron chi connectivity index (χ2n) is 6.02. The molecule has 3 heteroatoms. The molecular weight excluding hydrogens is 322 g/mol. The molecule has 0 aromatic heterocycles. The van der Waals surface area contributed by atoms with Crippen LogP contribution in [-0.2, 0) is 4.79 Å². The van der Waals surface area contributed by atoms with Gasteiger partial charge in [-0.2, -0.15) is 0 Å². The van der Waals surface area contributed by atoms with Gasteiger partial charge in [-0.15, -0.1) is 0 Å². The summed E-state index contributed by atoms with van der Waals surface area (Å²) in [6.45, 7) is 2.02. The van der Waals surface area contributed by atoms with Crippen LogP contribution in [0.3, 0.4) is 0 Å². The molecule has 0 heterocycles. The first-order valence-corrected chi connectivity index (χ1v) is 8.45. The quantitative estimate of drug-likeness (QED) is 0.512. The van der Waals surface area contributed by atoms with E-state index < -0.39 is 0 Å². The zero-order chi connectivity index (χ0) is 18.4. The molecule has 0 aliphatic rings. The predicted octanol–water partition coefficient (Wildman–Crippen LogP) is 5.18. The summed E-state index contributed by atoms with van der Waals surface area (Å²) >= 11 is 0. The average molecular weight is 343 g/mol. The van der Waals surface area contributed by atoms with Crippen molar-refractivity contribution < 1.29 is 9.53 Å². The summed E-state index contributed by atoms with van der Waals surface area (Å²) in [6, 6.07) is 25.1. The standard InChI is InChI=1S/C23H21NO2/c1-17-8-12-20(13-9-17)24-23(25)22(16-18-6-4-3-5-7-18)19-10-14-21(26-2)15-11-19/h3-16H,1-2H3,(H,24,25)/b22-16+. The van der Waals surface area contributed by atoms with Crippen LogP contribution in [0, 0.1) is 6.92 Å². The van der Waals surface area contributed by atoms with E-state index in [0.717, 1.165) is 28.1 Å². The Labute approximate surface area is 154 Å². The number of methoxy groups -OCH3 is 1. The largest absolute Gasteiger partial charge is 0.497 e. The van der Waals surface area contributed by atoms with E-state index in [2.05, 4.69) is 5.32 Å². The molecule has 130 valence electrons. The number of rotatable bonds is 5. The summed E-state index contributed by atoms with van der Waals surface area (Å²) in [5.74, 6) is 0.606. The number of aryl methyl sites for hydroxylation is 1. The summed E-state index contributed by atoms with van der Waals surface area (Å²) in [5, 5.41) is 2.98. The van der Waals surface area contributed by atoms with Gasteiger partial charge >= 0.3 is 0 Å². The van der Waals surface area contributed by atoms with Crippen LogP contribution >= 0.6 is 0 Å². The maximum Gasteiger partial charge on any atom is 0.256 e. The van der Waals surface area contributed by atoms with Crippen LogP contribution in [0.5, 0.6) is 5.75 Å². The van der Waals surface area contributed by atoms with Crippen molar-refractivity contribution in [2.24, 2.45) is 0 Å². The summed E-state index contributed by atoms with van der Waals surface area (Å²) < 4.78 is 5.21. The molecule has 0 spiro atoms. The van der Waals surface area contributed by atoms with Gasteiger partial charge in [0.25, 0.3) is 5.91 Å². The molecule has 0 fully saturated rings. The van der Waals surface area contributed by atoms with Gasteiger partial charge in [-0.1, -0.05) is 60.2 Å². The van der Waals surface area contributed by atoms with E-state index in [4.69, 9.17) is 4.74 Å². The lowest BCUT2D eigenvalue weighted by atomic mass is 10.0. The van der Waals surface area contributed by atoms with Gasteiger partial charge in [0.1, 0.15) is 5.75 Å². The minimum atomic E-state index is -0.150. The van der Waals surface area contributed by atoms with Crippen molar-refractivity contribution in [3.63, 3.8) is 0 Å². The number of nitrogens with one attached hydrogen (secondary N) is 1. The Morgan fingerprint density at radius 1 is 0.885 bits per heavy atom. The molecule has 1 amide bonds. The molecule has 3 nitrogen and oxygen atoms in total. The first-order chi connectivity index (χ1) is 12.7. The van der Waals surface area contributed by atoms with Gasteiger partial charge in [0.15, 0.2) is 0 Å². The van der Waals surface area contributed by atoms with E-state index in [1.165, 1.54) is 0 Å². The molecular formula is C23H21NO2. The fraction of sp³-hybridized carbons (Fsp3) is 0.0870. The number of hydrogen-bond donors (Lipinski definition) is 1. The van der Waals surface area contributed by atoms with E-state index in [9.17, 15) is 4.79 Å². The normalized spacial score (nSPS) is 11.1. The Morgan fingerprint density at radius 2 is 1.54 bits per heavy atom. The Bertz CT molecular complexity index is 895. The van der Waals surface area contributed by atoms with Crippen molar-refractivity contribution in [1.82, 2.24) is 0 Å². The molecule has 0 aliphatic heterocycles. The molecule has 1 N–H and O–H groups in total. The van der Waals surface area contributed by atoms with E-state index >= 15 is 0 Å². The number of anilines is 1. The highest BCUT2D eigenvalue weighted by molar-refractivity contribution is 6.29. The molecule has 0 atom stereocenters. The van der Waals surface area contributed by atoms with Crippen LogP contribution < -0.4 is 10.1 Å². The zero-order valence-corrected chi connectivity index (χ0v) is 14.9. The predicted molar refractivity (Wildman–Crippen MR) is 107 cm³/mol. The SMILES string of the molecule is COc1ccc(/C(=C\c2ccccc2)C(=O)Nc2ccc(C)cc2)cc1. The van der Waals surface area contributed by atoms with Crippen LogP contribution in [0.1, 0.15) is 16.7 Å². The van der Waals surface area contributed by atoms with Crippen molar-refractivity contribution in [3.8, 4) is 5.75 Å². The maximum atomic E-state index is 12.9. The van der Waals surface area contributed by atoms with Gasteiger partial charge in [-0.25, -0.2) is 0 Å². The molecule has 3 aromatic rings. The van der Waals surface area contributed by atoms with Crippen molar-refractivity contribution >= 4 is 23.2 Å². The maximum absolute atomic E-state index is 12.9. The lowest BCUT2D eigenvalue weighted by molar-refractivity contribution is -0.111. The first-order valence-electron chi connectivity index (χ1n) is 8.45. The third kappa shape index (κ3) is 4.39. The minimum Gasteiger partial charge on any atom is -0.497 e. The molecule has 0 aliphatic carbocycles. The number of benzene rings is 3. The van der Waals surface area contributed by atoms with E-state index in [1.54, 1.807) is 7.11 Å². The Balaban J connectivity index is 1.95. The van der Waals surface area contributed by atoms with Crippen molar-refractivity contribution in [1.29, 1.82) is 0 Å². The van der Waals surface area contributed by atoms with Crippen LogP contribution in [0.2, 0.25) is 0 Å². The summed E-state index contributed by atoms with van der Waals surface area (Å²) in [7, 11) is 1.62.